The summed E-state index contributed by atoms with van der Waals surface area (Å²) < 4.78 is 24.3. The van der Waals surface area contributed by atoms with Crippen LogP contribution >= 0.6 is 0 Å². The number of hydrogen-bond donors (Lipinski definition) is 0. The summed E-state index contributed by atoms with van der Waals surface area (Å²) in [6.07, 6.45) is 6.03. The van der Waals surface area contributed by atoms with Crippen molar-refractivity contribution in [3.8, 4) is 0 Å². The van der Waals surface area contributed by atoms with Crippen molar-refractivity contribution in [1.29, 1.82) is 0 Å². The highest BCUT2D eigenvalue weighted by Gasteiger charge is 2.20. The standard InChI is InChI=1S/C17H28O2S/c1-6-9-14-11-16(13(4)8-3)12-15(10-7-2)17(14)20(5,18)19/h11-13H,6-10H2,1-5H3. The third-order valence-corrected chi connectivity index (χ3v) is 5.12. The van der Waals surface area contributed by atoms with E-state index in [-0.39, 0.29) is 0 Å². The number of aryl methyl sites for hydroxylation is 2. The predicted octanol–water partition coefficient (Wildman–Crippen LogP) is 4.51. The Kier molecular flexibility index (Phi) is 6.25. The lowest BCUT2D eigenvalue weighted by Gasteiger charge is -2.18. The Morgan fingerprint density at radius 1 is 1.00 bits per heavy atom. The molecule has 0 amide bonds. The fourth-order valence-corrected chi connectivity index (χ4v) is 3.96. The lowest BCUT2D eigenvalue weighted by molar-refractivity contribution is 0.598. The van der Waals surface area contributed by atoms with E-state index >= 15 is 0 Å². The summed E-state index contributed by atoms with van der Waals surface area (Å²) in [5.41, 5.74) is 3.30. The fourth-order valence-electron chi connectivity index (χ4n) is 2.69. The summed E-state index contributed by atoms with van der Waals surface area (Å²) in [4.78, 5) is 0.591. The largest absolute Gasteiger partial charge is 0.224 e. The molecule has 0 heterocycles. The first-order valence-electron chi connectivity index (χ1n) is 7.70. The van der Waals surface area contributed by atoms with Gasteiger partial charge in [-0.3, -0.25) is 0 Å². The van der Waals surface area contributed by atoms with Gasteiger partial charge in [0.25, 0.3) is 0 Å². The molecule has 0 bridgehead atoms. The van der Waals surface area contributed by atoms with Gasteiger partial charge in [0.2, 0.25) is 0 Å². The van der Waals surface area contributed by atoms with E-state index in [1.807, 2.05) is 0 Å². The van der Waals surface area contributed by atoms with Crippen LogP contribution < -0.4 is 0 Å². The van der Waals surface area contributed by atoms with E-state index in [1.165, 1.54) is 11.8 Å². The minimum Gasteiger partial charge on any atom is -0.224 e. The molecule has 20 heavy (non-hydrogen) atoms. The van der Waals surface area contributed by atoms with Crippen LogP contribution in [0.1, 0.15) is 69.6 Å². The average Bonchev–Trinajstić information content (AvgIpc) is 2.36. The maximum absolute atomic E-state index is 12.2. The van der Waals surface area contributed by atoms with Crippen molar-refractivity contribution in [2.75, 3.05) is 6.26 Å². The Bertz CT molecular complexity index is 517. The minimum atomic E-state index is -3.16. The van der Waals surface area contributed by atoms with Gasteiger partial charge < -0.3 is 0 Å². The Morgan fingerprint density at radius 2 is 1.45 bits per heavy atom. The zero-order valence-corrected chi connectivity index (χ0v) is 14.3. The second-order valence-corrected chi connectivity index (χ2v) is 7.70. The van der Waals surface area contributed by atoms with Crippen LogP contribution in [-0.4, -0.2) is 14.7 Å². The summed E-state index contributed by atoms with van der Waals surface area (Å²) >= 11 is 0. The minimum absolute atomic E-state index is 0.481. The summed E-state index contributed by atoms with van der Waals surface area (Å²) in [7, 11) is -3.16. The van der Waals surface area contributed by atoms with E-state index in [2.05, 4.69) is 39.8 Å². The summed E-state index contributed by atoms with van der Waals surface area (Å²) in [6.45, 7) is 8.58. The lowest BCUT2D eigenvalue weighted by Crippen LogP contribution is -2.09. The maximum Gasteiger partial charge on any atom is 0.176 e. The van der Waals surface area contributed by atoms with Crippen molar-refractivity contribution in [2.24, 2.45) is 0 Å². The van der Waals surface area contributed by atoms with Crippen LogP contribution in [0.5, 0.6) is 0 Å². The quantitative estimate of drug-likeness (QED) is 0.742. The Balaban J connectivity index is 3.54. The van der Waals surface area contributed by atoms with Crippen LogP contribution in [-0.2, 0) is 22.7 Å². The maximum atomic E-state index is 12.2. The molecule has 0 saturated carbocycles. The molecular formula is C17H28O2S. The molecule has 0 spiro atoms. The van der Waals surface area contributed by atoms with Crippen LogP contribution in [0.4, 0.5) is 0 Å². The van der Waals surface area contributed by atoms with Gasteiger partial charge in [-0.05, 0) is 41.9 Å². The molecule has 1 rings (SSSR count). The summed E-state index contributed by atoms with van der Waals surface area (Å²) in [5, 5.41) is 0. The van der Waals surface area contributed by atoms with Crippen molar-refractivity contribution < 1.29 is 8.42 Å². The number of hydrogen-bond acceptors (Lipinski definition) is 2. The smallest absolute Gasteiger partial charge is 0.176 e. The van der Waals surface area contributed by atoms with Crippen LogP contribution in [0.2, 0.25) is 0 Å². The first-order chi connectivity index (χ1) is 9.35. The fraction of sp³-hybridized carbons (Fsp3) is 0.647. The zero-order valence-electron chi connectivity index (χ0n) is 13.5. The molecular weight excluding hydrogens is 268 g/mol. The molecule has 0 fully saturated rings. The first-order valence-corrected chi connectivity index (χ1v) is 9.59. The van der Waals surface area contributed by atoms with Gasteiger partial charge in [0.05, 0.1) is 4.90 Å². The Morgan fingerprint density at radius 3 is 1.75 bits per heavy atom. The van der Waals surface area contributed by atoms with Crippen LogP contribution in [0.25, 0.3) is 0 Å². The lowest BCUT2D eigenvalue weighted by atomic mass is 9.92. The normalized spacial score (nSPS) is 13.4. The van der Waals surface area contributed by atoms with E-state index in [9.17, 15) is 8.42 Å². The van der Waals surface area contributed by atoms with Gasteiger partial charge in [-0.2, -0.15) is 0 Å². The predicted molar refractivity (Wildman–Crippen MR) is 86.2 cm³/mol. The topological polar surface area (TPSA) is 34.1 Å². The molecule has 0 aliphatic heterocycles. The molecule has 1 atom stereocenters. The molecule has 1 aromatic carbocycles. The van der Waals surface area contributed by atoms with Gasteiger partial charge in [0.15, 0.2) is 9.84 Å². The van der Waals surface area contributed by atoms with E-state index in [0.29, 0.717) is 10.8 Å². The van der Waals surface area contributed by atoms with Gasteiger partial charge in [0.1, 0.15) is 0 Å². The molecule has 1 aromatic rings. The summed E-state index contributed by atoms with van der Waals surface area (Å²) in [6, 6.07) is 4.24. The van der Waals surface area contributed by atoms with Gasteiger partial charge in [-0.1, -0.05) is 52.7 Å². The van der Waals surface area contributed by atoms with Crippen molar-refractivity contribution in [3.05, 3.63) is 28.8 Å². The van der Waals surface area contributed by atoms with E-state index in [4.69, 9.17) is 0 Å². The molecule has 0 aliphatic carbocycles. The van der Waals surface area contributed by atoms with Crippen molar-refractivity contribution >= 4 is 9.84 Å². The van der Waals surface area contributed by atoms with Gasteiger partial charge in [0, 0.05) is 6.26 Å². The van der Waals surface area contributed by atoms with E-state index in [0.717, 1.165) is 43.2 Å². The molecule has 2 nitrogen and oxygen atoms in total. The van der Waals surface area contributed by atoms with Gasteiger partial charge >= 0.3 is 0 Å². The highest BCUT2D eigenvalue weighted by atomic mass is 32.2. The van der Waals surface area contributed by atoms with Crippen molar-refractivity contribution in [2.45, 2.75) is 70.6 Å². The molecule has 0 aromatic heterocycles. The average molecular weight is 296 g/mol. The zero-order chi connectivity index (χ0) is 15.3. The molecule has 114 valence electrons. The van der Waals surface area contributed by atoms with Crippen LogP contribution in [0.15, 0.2) is 17.0 Å². The third-order valence-electron chi connectivity index (χ3n) is 3.86. The monoisotopic (exact) mass is 296 g/mol. The third kappa shape index (κ3) is 4.08. The van der Waals surface area contributed by atoms with Crippen LogP contribution in [0, 0.1) is 0 Å². The second kappa shape index (κ2) is 7.26. The molecule has 3 heteroatoms. The first kappa shape index (κ1) is 17.2. The second-order valence-electron chi connectivity index (χ2n) is 5.75. The Labute approximate surface area is 124 Å². The molecule has 0 N–H and O–H groups in total. The molecule has 1 unspecified atom stereocenters. The number of benzene rings is 1. The molecule has 0 aliphatic rings. The SMILES string of the molecule is CCCc1cc(C(C)CC)cc(CCC)c1S(C)(=O)=O. The molecule has 0 radical (unpaired) electrons. The van der Waals surface area contributed by atoms with Crippen LogP contribution in [0.3, 0.4) is 0 Å². The number of sulfone groups is 1. The Hall–Kier alpha value is -0.830. The van der Waals surface area contributed by atoms with E-state index < -0.39 is 9.84 Å². The number of rotatable bonds is 7. The summed E-state index contributed by atoms with van der Waals surface area (Å²) in [5.74, 6) is 0.481. The highest BCUT2D eigenvalue weighted by molar-refractivity contribution is 7.90. The van der Waals surface area contributed by atoms with E-state index in [1.54, 1.807) is 0 Å². The van der Waals surface area contributed by atoms with Gasteiger partial charge in [-0.25, -0.2) is 8.42 Å². The highest BCUT2D eigenvalue weighted by Crippen LogP contribution is 2.29. The van der Waals surface area contributed by atoms with Crippen molar-refractivity contribution in [1.82, 2.24) is 0 Å². The van der Waals surface area contributed by atoms with Crippen molar-refractivity contribution in [3.63, 3.8) is 0 Å². The van der Waals surface area contributed by atoms with Gasteiger partial charge in [-0.15, -0.1) is 0 Å². The molecule has 0 saturated heterocycles.